The van der Waals surface area contributed by atoms with Crippen LogP contribution in [-0.4, -0.2) is 101 Å². The lowest BCUT2D eigenvalue weighted by molar-refractivity contribution is 0.228. The van der Waals surface area contributed by atoms with Gasteiger partial charge in [-0.15, -0.1) is 20.4 Å². The average molecular weight is 813 g/mol. The fourth-order valence-electron chi connectivity index (χ4n) is 9.52. The molecule has 0 N–H and O–H groups in total. The zero-order valence-corrected chi connectivity index (χ0v) is 33.5. The quantitative estimate of drug-likeness (QED) is 0.181. The summed E-state index contributed by atoms with van der Waals surface area (Å²) in [6.45, 7) is 4.41. The van der Waals surface area contributed by atoms with Gasteiger partial charge in [0.05, 0.1) is 24.5 Å². The highest BCUT2D eigenvalue weighted by atomic mass is 15.4. The van der Waals surface area contributed by atoms with Crippen molar-refractivity contribution >= 4 is 11.6 Å². The SMILES string of the molecule is CCC1c2nncn2-c2cnc(-n3ccnc3-c3ncccn3)nc2N1C1CC(Cc2nnc3n2-c2cnc(-n4ccnc4-c4ncccn4)nc2N(C2CCC2)C3CC)C1. The number of rotatable bonds is 10. The predicted molar refractivity (Wildman–Crippen MR) is 219 cm³/mol. The first kappa shape index (κ1) is 35.6. The molecule has 8 aromatic rings. The second kappa shape index (κ2) is 14.1. The summed E-state index contributed by atoms with van der Waals surface area (Å²) < 4.78 is 7.94. The molecule has 20 heteroatoms. The van der Waals surface area contributed by atoms with Gasteiger partial charge in [0, 0.05) is 68.1 Å². The lowest BCUT2D eigenvalue weighted by Gasteiger charge is -2.49. The topological polar surface area (TPSA) is 207 Å². The molecule has 304 valence electrons. The minimum atomic E-state index is -0.0187. The van der Waals surface area contributed by atoms with Crippen molar-refractivity contribution in [2.75, 3.05) is 9.80 Å². The molecule has 12 rings (SSSR count). The average Bonchev–Trinajstić information content (AvgIpc) is 4.12. The Morgan fingerprint density at radius 1 is 0.590 bits per heavy atom. The molecule has 20 nitrogen and oxygen atoms in total. The molecule has 0 aromatic carbocycles. The van der Waals surface area contributed by atoms with Gasteiger partial charge >= 0.3 is 0 Å². The van der Waals surface area contributed by atoms with E-state index in [1.807, 2.05) is 38.5 Å². The molecule has 61 heavy (non-hydrogen) atoms. The summed E-state index contributed by atoms with van der Waals surface area (Å²) in [6, 6.07) is 4.16. The maximum Gasteiger partial charge on any atom is 0.237 e. The van der Waals surface area contributed by atoms with Crippen molar-refractivity contribution in [3.63, 3.8) is 0 Å². The van der Waals surface area contributed by atoms with Gasteiger partial charge in [-0.25, -0.2) is 39.9 Å². The lowest BCUT2D eigenvalue weighted by Crippen LogP contribution is -2.50. The van der Waals surface area contributed by atoms with E-state index in [-0.39, 0.29) is 18.1 Å². The Hall–Kier alpha value is -7.38. The zero-order chi connectivity index (χ0) is 40.6. The minimum absolute atomic E-state index is 0.0187. The molecule has 10 heterocycles. The minimum Gasteiger partial charge on any atom is -0.341 e. The maximum atomic E-state index is 5.29. The zero-order valence-electron chi connectivity index (χ0n) is 33.5. The van der Waals surface area contributed by atoms with Crippen molar-refractivity contribution in [2.45, 2.75) is 89.4 Å². The summed E-state index contributed by atoms with van der Waals surface area (Å²) >= 11 is 0. The predicted octanol–water partition coefficient (Wildman–Crippen LogP) is 4.83. The number of fused-ring (bicyclic) bond motifs is 6. The van der Waals surface area contributed by atoms with Crippen LogP contribution in [0.3, 0.4) is 0 Å². The molecule has 0 amide bonds. The third kappa shape index (κ3) is 5.57. The molecule has 8 aromatic heterocycles. The van der Waals surface area contributed by atoms with Gasteiger partial charge in [0.1, 0.15) is 23.5 Å². The molecule has 0 bridgehead atoms. The summed E-state index contributed by atoms with van der Waals surface area (Å²) in [5.41, 5.74) is 1.75. The number of imidazole rings is 2. The van der Waals surface area contributed by atoms with Crippen molar-refractivity contribution in [3.8, 4) is 46.6 Å². The van der Waals surface area contributed by atoms with Crippen molar-refractivity contribution in [1.29, 1.82) is 0 Å². The maximum absolute atomic E-state index is 5.29. The van der Waals surface area contributed by atoms with E-state index in [0.29, 0.717) is 47.2 Å². The van der Waals surface area contributed by atoms with Crippen LogP contribution in [0.5, 0.6) is 0 Å². The van der Waals surface area contributed by atoms with E-state index in [9.17, 15) is 0 Å². The van der Waals surface area contributed by atoms with E-state index >= 15 is 0 Å². The van der Waals surface area contributed by atoms with Gasteiger partial charge in [-0.05, 0) is 63.0 Å². The molecule has 2 unspecified atom stereocenters. The number of hydrogen-bond acceptors (Lipinski definition) is 16. The fourth-order valence-corrected chi connectivity index (χ4v) is 9.52. The first-order valence-electron chi connectivity index (χ1n) is 20.9. The largest absolute Gasteiger partial charge is 0.341 e. The highest BCUT2D eigenvalue weighted by molar-refractivity contribution is 5.65. The van der Waals surface area contributed by atoms with Crippen LogP contribution >= 0.6 is 0 Å². The number of nitrogens with zero attached hydrogens (tertiary/aromatic N) is 20. The van der Waals surface area contributed by atoms with Crippen molar-refractivity contribution in [1.82, 2.24) is 88.5 Å². The van der Waals surface area contributed by atoms with Crippen LogP contribution < -0.4 is 9.80 Å². The van der Waals surface area contributed by atoms with Gasteiger partial charge in [-0.3, -0.25) is 18.3 Å². The Bertz CT molecular complexity index is 2870. The van der Waals surface area contributed by atoms with Crippen LogP contribution in [0.1, 0.15) is 88.4 Å². The smallest absolute Gasteiger partial charge is 0.237 e. The third-order valence-electron chi connectivity index (χ3n) is 12.6. The number of hydrogen-bond donors (Lipinski definition) is 0. The fraction of sp³-hybridized carbons (Fsp3) is 0.366. The Morgan fingerprint density at radius 3 is 1.79 bits per heavy atom. The molecule has 2 fully saturated rings. The van der Waals surface area contributed by atoms with Crippen molar-refractivity contribution in [3.05, 3.63) is 97.9 Å². The molecule has 0 spiro atoms. The van der Waals surface area contributed by atoms with E-state index in [1.165, 1.54) is 6.42 Å². The third-order valence-corrected chi connectivity index (χ3v) is 12.6. The Balaban J connectivity index is 0.865. The van der Waals surface area contributed by atoms with E-state index < -0.39 is 0 Å². The van der Waals surface area contributed by atoms with Gasteiger partial charge in [0.15, 0.2) is 46.6 Å². The lowest BCUT2D eigenvalue weighted by atomic mass is 9.76. The summed E-state index contributed by atoms with van der Waals surface area (Å²) in [6.07, 6.45) is 27.3. The Kier molecular flexibility index (Phi) is 8.23. The molecular formula is C41H40N20. The summed E-state index contributed by atoms with van der Waals surface area (Å²) in [4.78, 5) is 52.0. The van der Waals surface area contributed by atoms with Crippen molar-refractivity contribution in [2.24, 2.45) is 5.92 Å². The molecule has 0 saturated heterocycles. The van der Waals surface area contributed by atoms with E-state index in [1.54, 1.807) is 55.6 Å². The van der Waals surface area contributed by atoms with Crippen LogP contribution in [0.25, 0.3) is 46.6 Å². The molecule has 2 aliphatic heterocycles. The first-order chi connectivity index (χ1) is 30.2. The second-order valence-electron chi connectivity index (χ2n) is 16.0. The van der Waals surface area contributed by atoms with Gasteiger partial charge in [-0.1, -0.05) is 13.8 Å². The first-order valence-corrected chi connectivity index (χ1v) is 20.9. The van der Waals surface area contributed by atoms with Crippen molar-refractivity contribution < 1.29 is 0 Å². The molecule has 0 radical (unpaired) electrons. The van der Waals surface area contributed by atoms with E-state index in [4.69, 9.17) is 30.1 Å². The normalized spacial score (nSPS) is 20.4. The monoisotopic (exact) mass is 812 g/mol. The Morgan fingerprint density at radius 2 is 1.18 bits per heavy atom. The second-order valence-corrected chi connectivity index (χ2v) is 16.0. The van der Waals surface area contributed by atoms with Crippen LogP contribution in [0.4, 0.5) is 11.6 Å². The molecule has 2 atom stereocenters. The van der Waals surface area contributed by atoms with Gasteiger partial charge < -0.3 is 9.80 Å². The number of anilines is 2. The van der Waals surface area contributed by atoms with Gasteiger partial charge in [0.2, 0.25) is 11.9 Å². The molecular weight excluding hydrogens is 773 g/mol. The molecule has 4 aliphatic rings. The highest BCUT2D eigenvalue weighted by Crippen LogP contribution is 2.48. The van der Waals surface area contributed by atoms with Gasteiger partial charge in [-0.2, -0.15) is 9.97 Å². The van der Waals surface area contributed by atoms with Crippen LogP contribution in [0, 0.1) is 5.92 Å². The van der Waals surface area contributed by atoms with Crippen LogP contribution in [0.15, 0.2) is 80.4 Å². The number of aromatic nitrogens is 18. The molecule has 2 saturated carbocycles. The van der Waals surface area contributed by atoms with E-state index in [2.05, 4.69) is 68.3 Å². The Labute approximate surface area is 348 Å². The van der Waals surface area contributed by atoms with Crippen LogP contribution in [-0.2, 0) is 6.42 Å². The van der Waals surface area contributed by atoms with Crippen LogP contribution in [0.2, 0.25) is 0 Å². The van der Waals surface area contributed by atoms with E-state index in [0.717, 1.165) is 85.4 Å². The molecule has 2 aliphatic carbocycles. The highest BCUT2D eigenvalue weighted by Gasteiger charge is 2.45. The summed E-state index contributed by atoms with van der Waals surface area (Å²) in [7, 11) is 0. The summed E-state index contributed by atoms with van der Waals surface area (Å²) in [5.74, 6) is 8.03. The summed E-state index contributed by atoms with van der Waals surface area (Å²) in [5, 5.41) is 18.7. The van der Waals surface area contributed by atoms with Gasteiger partial charge in [0.25, 0.3) is 0 Å². The standard InChI is InChI=1S/C41H40N20/c1-3-27-36-54-50-23-58(36)29-21-48-40(56-16-14-46-38(56)32-42-10-6-11-43-32)51-34(29)60(27)26-18-24(19-26)20-31-53-55-37-28(4-2)59(25-8-5-9-25)35-30(61(31)37)22-49-41(52-35)57-17-15-47-39(57)33-44-12-7-13-45-33/h6-7,10-17,21-28H,3-5,8-9,18-20H2,1-2H3.